The van der Waals surface area contributed by atoms with Gasteiger partial charge in [0.15, 0.2) is 11.5 Å². The van der Waals surface area contributed by atoms with Crippen LogP contribution in [0.1, 0.15) is 36.4 Å². The Hall–Kier alpha value is -3.12. The quantitative estimate of drug-likeness (QED) is 0.606. The van der Waals surface area contributed by atoms with Crippen molar-refractivity contribution < 1.29 is 40.9 Å². The number of nitrogens with one attached hydrogen (secondary N) is 1. The molecule has 2 aromatic carbocycles. The minimum atomic E-state index is -3.73. The van der Waals surface area contributed by atoms with Gasteiger partial charge in [0.2, 0.25) is 15.9 Å². The van der Waals surface area contributed by atoms with Crippen LogP contribution in [0.25, 0.3) is 0 Å². The summed E-state index contributed by atoms with van der Waals surface area (Å²) >= 11 is 0. The summed E-state index contributed by atoms with van der Waals surface area (Å²) in [6.45, 7) is 0.713. The number of sulfonamides is 1. The van der Waals surface area contributed by atoms with Crippen LogP contribution < -0.4 is 24.3 Å². The van der Waals surface area contributed by atoms with E-state index in [1.807, 2.05) is 6.07 Å². The van der Waals surface area contributed by atoms with Gasteiger partial charge in [-0.2, -0.15) is 0 Å². The molecule has 2 aromatic rings. The van der Waals surface area contributed by atoms with E-state index in [1.54, 1.807) is 25.3 Å². The highest BCUT2D eigenvalue weighted by Crippen LogP contribution is 2.52. The van der Waals surface area contributed by atoms with Crippen molar-refractivity contribution in [3.63, 3.8) is 0 Å². The summed E-state index contributed by atoms with van der Waals surface area (Å²) < 4.78 is 72.7. The summed E-state index contributed by atoms with van der Waals surface area (Å²) in [6.07, 6.45) is -1.23. The molecule has 2 fully saturated rings. The smallest absolute Gasteiger partial charge is 0.497 e. The number of hydrogen-bond acceptors (Lipinski definition) is 7. The van der Waals surface area contributed by atoms with Crippen molar-refractivity contribution in [2.75, 3.05) is 26.5 Å². The number of nitrogens with zero attached hydrogens (tertiary/aromatic N) is 1. The fraction of sp³-hybridized carbons (Fsp3) is 0.480. The third kappa shape index (κ3) is 4.25. The lowest BCUT2D eigenvalue weighted by atomic mass is 9.86. The predicted molar refractivity (Wildman–Crippen MR) is 126 cm³/mol. The van der Waals surface area contributed by atoms with E-state index in [0.29, 0.717) is 49.4 Å². The molecule has 0 radical (unpaired) electrons. The molecule has 1 N–H and O–H groups in total. The summed E-state index contributed by atoms with van der Waals surface area (Å²) in [4.78, 5) is 13.6. The number of alkyl halides is 2. The first-order chi connectivity index (χ1) is 17.5. The van der Waals surface area contributed by atoms with Crippen LogP contribution in [0.3, 0.4) is 0 Å². The molecule has 3 aliphatic heterocycles. The molecule has 1 saturated carbocycles. The average molecular weight is 537 g/mol. The first kappa shape index (κ1) is 24.2. The van der Waals surface area contributed by atoms with Gasteiger partial charge in [0.05, 0.1) is 24.8 Å². The standard InChI is InChI=1S/C25H26F2N2O7S/c1-33-16-4-5-17-18(11-20(34-21(17)10-16)14-12-29(13-14)37(2,31)32)28-23(30)24(7-8-24)15-3-6-19-22(9-15)36-25(26,27)35-19/h3-6,9-10,14,18,20H,7-8,11-13H2,1-2H3,(H,28,30). The number of carbonyl (C=O) groups is 1. The van der Waals surface area contributed by atoms with Crippen molar-refractivity contribution >= 4 is 15.9 Å². The SMILES string of the molecule is COc1ccc2c(c1)OC(C1CN(S(C)(=O)=O)C1)CC2NC(=O)C1(c2ccc3c(c2)OC(F)(F)O3)CC1. The highest BCUT2D eigenvalue weighted by molar-refractivity contribution is 7.88. The number of carbonyl (C=O) groups excluding carboxylic acids is 1. The van der Waals surface area contributed by atoms with E-state index in [4.69, 9.17) is 9.47 Å². The highest BCUT2D eigenvalue weighted by atomic mass is 32.2. The van der Waals surface area contributed by atoms with Gasteiger partial charge in [0.25, 0.3) is 0 Å². The van der Waals surface area contributed by atoms with Crippen LogP contribution in [0, 0.1) is 5.92 Å². The maximum atomic E-state index is 13.6. The number of benzene rings is 2. The fourth-order valence-electron chi connectivity index (χ4n) is 5.32. The maximum Gasteiger partial charge on any atom is 0.586 e. The molecule has 0 bridgehead atoms. The zero-order valence-electron chi connectivity index (χ0n) is 20.2. The molecule has 4 aliphatic rings. The third-order valence-corrected chi connectivity index (χ3v) is 8.89. The van der Waals surface area contributed by atoms with E-state index >= 15 is 0 Å². The number of rotatable bonds is 6. The maximum absolute atomic E-state index is 13.6. The Balaban J connectivity index is 1.24. The van der Waals surface area contributed by atoms with Crippen LogP contribution in [0.15, 0.2) is 36.4 Å². The summed E-state index contributed by atoms with van der Waals surface area (Å²) in [5, 5.41) is 3.16. The van der Waals surface area contributed by atoms with Gasteiger partial charge in [-0.05, 0) is 42.7 Å². The van der Waals surface area contributed by atoms with Gasteiger partial charge in [0, 0.05) is 37.1 Å². The Labute approximate surface area is 212 Å². The van der Waals surface area contributed by atoms with Crippen molar-refractivity contribution in [3.8, 4) is 23.0 Å². The van der Waals surface area contributed by atoms with Gasteiger partial charge in [-0.25, -0.2) is 12.7 Å². The molecule has 1 saturated heterocycles. The van der Waals surface area contributed by atoms with Crippen LogP contribution in [0.5, 0.6) is 23.0 Å². The molecule has 1 aliphatic carbocycles. The van der Waals surface area contributed by atoms with Crippen LogP contribution in [0.4, 0.5) is 8.78 Å². The Kier molecular flexibility index (Phi) is 5.36. The van der Waals surface area contributed by atoms with Crippen LogP contribution >= 0.6 is 0 Å². The minimum absolute atomic E-state index is 0.0149. The van der Waals surface area contributed by atoms with E-state index in [9.17, 15) is 22.0 Å². The Morgan fingerprint density at radius 1 is 1.08 bits per heavy atom. The lowest BCUT2D eigenvalue weighted by molar-refractivity contribution is -0.286. The zero-order chi connectivity index (χ0) is 26.2. The molecule has 6 rings (SSSR count). The van der Waals surface area contributed by atoms with Gasteiger partial charge >= 0.3 is 6.29 Å². The van der Waals surface area contributed by atoms with Gasteiger partial charge in [-0.1, -0.05) is 6.07 Å². The van der Waals surface area contributed by atoms with Gasteiger partial charge in [-0.3, -0.25) is 4.79 Å². The summed E-state index contributed by atoms with van der Waals surface area (Å²) in [6, 6.07) is 9.49. The number of methoxy groups -OCH3 is 1. The summed E-state index contributed by atoms with van der Waals surface area (Å²) in [5.74, 6) is 0.797. The second kappa shape index (κ2) is 8.19. The van der Waals surface area contributed by atoms with E-state index in [0.717, 1.165) is 5.56 Å². The van der Waals surface area contributed by atoms with E-state index in [-0.39, 0.29) is 35.5 Å². The van der Waals surface area contributed by atoms with Crippen molar-refractivity contribution in [3.05, 3.63) is 47.5 Å². The lowest BCUT2D eigenvalue weighted by Gasteiger charge is -2.44. The Morgan fingerprint density at radius 2 is 1.81 bits per heavy atom. The molecular formula is C25H26F2N2O7S. The molecule has 3 heterocycles. The molecule has 198 valence electrons. The summed E-state index contributed by atoms with van der Waals surface area (Å²) in [5.41, 5.74) is 0.539. The lowest BCUT2D eigenvalue weighted by Crippen LogP contribution is -2.56. The van der Waals surface area contributed by atoms with Crippen LogP contribution in [0.2, 0.25) is 0 Å². The van der Waals surface area contributed by atoms with Gasteiger partial charge < -0.3 is 24.3 Å². The molecular weight excluding hydrogens is 510 g/mol. The molecule has 0 aromatic heterocycles. The molecule has 1 amide bonds. The van der Waals surface area contributed by atoms with Crippen molar-refractivity contribution in [1.29, 1.82) is 0 Å². The molecule has 0 spiro atoms. The first-order valence-corrected chi connectivity index (χ1v) is 13.8. The molecule has 2 atom stereocenters. The predicted octanol–water partition coefficient (Wildman–Crippen LogP) is 2.95. The van der Waals surface area contributed by atoms with Crippen LogP contribution in [-0.2, 0) is 20.2 Å². The number of ether oxygens (including phenoxy) is 4. The van der Waals surface area contributed by atoms with Crippen LogP contribution in [-0.4, -0.2) is 57.5 Å². The normalized spacial score (nSPS) is 25.4. The van der Waals surface area contributed by atoms with E-state index in [1.165, 1.54) is 22.7 Å². The zero-order valence-corrected chi connectivity index (χ0v) is 21.0. The number of hydrogen-bond donors (Lipinski definition) is 1. The Morgan fingerprint density at radius 3 is 2.49 bits per heavy atom. The molecule has 37 heavy (non-hydrogen) atoms. The number of amides is 1. The van der Waals surface area contributed by atoms with Crippen molar-refractivity contribution in [1.82, 2.24) is 9.62 Å². The number of fused-ring (bicyclic) bond motifs is 2. The molecule has 9 nitrogen and oxygen atoms in total. The summed E-state index contributed by atoms with van der Waals surface area (Å²) in [7, 11) is -1.72. The monoisotopic (exact) mass is 536 g/mol. The second-order valence-electron chi connectivity index (χ2n) is 10.1. The average Bonchev–Trinajstić information content (AvgIpc) is 3.53. The topological polar surface area (TPSA) is 103 Å². The van der Waals surface area contributed by atoms with Crippen molar-refractivity contribution in [2.45, 2.75) is 43.1 Å². The highest BCUT2D eigenvalue weighted by Gasteiger charge is 2.54. The van der Waals surface area contributed by atoms with Gasteiger partial charge in [0.1, 0.15) is 17.6 Å². The molecule has 12 heteroatoms. The Bertz CT molecular complexity index is 1370. The van der Waals surface area contributed by atoms with Crippen molar-refractivity contribution in [2.24, 2.45) is 5.92 Å². The van der Waals surface area contributed by atoms with E-state index in [2.05, 4.69) is 14.8 Å². The number of halogens is 2. The minimum Gasteiger partial charge on any atom is -0.497 e. The first-order valence-electron chi connectivity index (χ1n) is 12.0. The largest absolute Gasteiger partial charge is 0.586 e. The third-order valence-electron chi connectivity index (χ3n) is 7.66. The molecule has 2 unspecified atom stereocenters. The van der Waals surface area contributed by atoms with Gasteiger partial charge in [-0.15, -0.1) is 8.78 Å². The fourth-order valence-corrected chi connectivity index (χ4v) is 6.24. The van der Waals surface area contributed by atoms with E-state index < -0.39 is 21.7 Å². The second-order valence-corrected chi connectivity index (χ2v) is 12.1.